The SMILES string of the molecule is NC(=S)NC(=O)c1ccc(-c2cccc(C(F)(F)F)c2)o1. The highest BCUT2D eigenvalue weighted by molar-refractivity contribution is 7.80. The number of nitrogens with two attached hydrogens (primary N) is 1. The Morgan fingerprint density at radius 2 is 1.95 bits per heavy atom. The second kappa shape index (κ2) is 5.57. The monoisotopic (exact) mass is 314 g/mol. The van der Waals surface area contributed by atoms with Crippen LogP contribution in [0.15, 0.2) is 40.8 Å². The molecule has 1 aromatic carbocycles. The summed E-state index contributed by atoms with van der Waals surface area (Å²) < 4.78 is 43.1. The van der Waals surface area contributed by atoms with Crippen LogP contribution in [0.4, 0.5) is 13.2 Å². The van der Waals surface area contributed by atoms with Crippen LogP contribution in [0.3, 0.4) is 0 Å². The maximum absolute atomic E-state index is 12.6. The van der Waals surface area contributed by atoms with Gasteiger partial charge < -0.3 is 10.2 Å². The van der Waals surface area contributed by atoms with Crippen molar-refractivity contribution in [1.82, 2.24) is 5.32 Å². The van der Waals surface area contributed by atoms with Gasteiger partial charge in [0.15, 0.2) is 10.9 Å². The smallest absolute Gasteiger partial charge is 0.416 e. The lowest BCUT2D eigenvalue weighted by molar-refractivity contribution is -0.137. The molecule has 0 aliphatic rings. The van der Waals surface area contributed by atoms with Gasteiger partial charge in [-0.2, -0.15) is 13.2 Å². The summed E-state index contributed by atoms with van der Waals surface area (Å²) in [6.07, 6.45) is -4.45. The Bertz CT molecular complexity index is 695. The van der Waals surface area contributed by atoms with Crippen molar-refractivity contribution < 1.29 is 22.4 Å². The molecule has 0 unspecified atom stereocenters. The minimum atomic E-state index is -4.45. The third kappa shape index (κ3) is 3.60. The minimum Gasteiger partial charge on any atom is -0.451 e. The molecule has 2 rings (SSSR count). The summed E-state index contributed by atoms with van der Waals surface area (Å²) >= 11 is 4.51. The van der Waals surface area contributed by atoms with Crippen molar-refractivity contribution in [1.29, 1.82) is 0 Å². The summed E-state index contributed by atoms with van der Waals surface area (Å²) in [7, 11) is 0. The predicted octanol–water partition coefficient (Wildman–Crippen LogP) is 2.94. The lowest BCUT2D eigenvalue weighted by Crippen LogP contribution is -2.34. The first-order valence-corrected chi connectivity index (χ1v) is 6.06. The molecule has 0 spiro atoms. The van der Waals surface area contributed by atoms with Crippen LogP contribution in [0.5, 0.6) is 0 Å². The van der Waals surface area contributed by atoms with Gasteiger partial charge in [-0.05, 0) is 36.5 Å². The zero-order valence-electron chi connectivity index (χ0n) is 10.4. The quantitative estimate of drug-likeness (QED) is 0.836. The van der Waals surface area contributed by atoms with E-state index in [4.69, 9.17) is 10.2 Å². The third-order valence-corrected chi connectivity index (χ3v) is 2.64. The number of thiocarbonyl (C=S) groups is 1. The fourth-order valence-electron chi connectivity index (χ4n) is 1.64. The molecule has 0 saturated heterocycles. The van der Waals surface area contributed by atoms with Gasteiger partial charge in [0.1, 0.15) is 5.76 Å². The van der Waals surface area contributed by atoms with Gasteiger partial charge in [0, 0.05) is 5.56 Å². The molecule has 4 nitrogen and oxygen atoms in total. The number of amides is 1. The summed E-state index contributed by atoms with van der Waals surface area (Å²) in [5.74, 6) is -0.634. The molecule has 0 saturated carbocycles. The first-order valence-electron chi connectivity index (χ1n) is 5.65. The average molecular weight is 314 g/mol. The molecule has 0 aliphatic heterocycles. The molecule has 8 heteroatoms. The van der Waals surface area contributed by atoms with Crippen molar-refractivity contribution in [2.24, 2.45) is 5.73 Å². The van der Waals surface area contributed by atoms with Gasteiger partial charge in [-0.25, -0.2) is 0 Å². The lowest BCUT2D eigenvalue weighted by atomic mass is 10.1. The first-order chi connectivity index (χ1) is 9.77. The van der Waals surface area contributed by atoms with Crippen LogP contribution in [0.25, 0.3) is 11.3 Å². The number of hydrogen-bond donors (Lipinski definition) is 2. The van der Waals surface area contributed by atoms with E-state index in [0.29, 0.717) is 0 Å². The van der Waals surface area contributed by atoms with Gasteiger partial charge >= 0.3 is 6.18 Å². The average Bonchev–Trinajstić information content (AvgIpc) is 2.86. The van der Waals surface area contributed by atoms with E-state index in [-0.39, 0.29) is 22.2 Å². The number of carbonyl (C=O) groups excluding carboxylic acids is 1. The zero-order chi connectivity index (χ0) is 15.6. The van der Waals surface area contributed by atoms with E-state index < -0.39 is 17.6 Å². The number of furan rings is 1. The Balaban J connectivity index is 2.30. The fourth-order valence-corrected chi connectivity index (χ4v) is 1.73. The highest BCUT2D eigenvalue weighted by Gasteiger charge is 2.30. The number of nitrogens with one attached hydrogen (secondary N) is 1. The standard InChI is InChI=1S/C13H9F3N2O2S/c14-13(15,16)8-3-1-2-7(6-8)9-4-5-10(20-9)11(19)18-12(17)21/h1-6H,(H3,17,18,19,21). The molecule has 0 aliphatic carbocycles. The van der Waals surface area contributed by atoms with E-state index in [0.717, 1.165) is 12.1 Å². The first kappa shape index (κ1) is 15.0. The largest absolute Gasteiger partial charge is 0.451 e. The lowest BCUT2D eigenvalue weighted by Gasteiger charge is -2.07. The molecule has 0 bridgehead atoms. The van der Waals surface area contributed by atoms with Gasteiger partial charge in [0.25, 0.3) is 5.91 Å². The van der Waals surface area contributed by atoms with Crippen LogP contribution in [0.2, 0.25) is 0 Å². The fraction of sp³-hybridized carbons (Fsp3) is 0.0769. The molecule has 0 atom stereocenters. The Kier molecular flexibility index (Phi) is 3.99. The molecule has 1 aromatic heterocycles. The molecule has 21 heavy (non-hydrogen) atoms. The zero-order valence-corrected chi connectivity index (χ0v) is 11.2. The van der Waals surface area contributed by atoms with Crippen molar-refractivity contribution in [3.05, 3.63) is 47.7 Å². The normalized spacial score (nSPS) is 11.2. The topological polar surface area (TPSA) is 68.3 Å². The Morgan fingerprint density at radius 1 is 1.24 bits per heavy atom. The van der Waals surface area contributed by atoms with Crippen LogP contribution in [0.1, 0.15) is 16.1 Å². The summed E-state index contributed by atoms with van der Waals surface area (Å²) in [6.45, 7) is 0. The summed E-state index contributed by atoms with van der Waals surface area (Å²) in [5, 5.41) is 1.93. The molecule has 1 amide bonds. The van der Waals surface area contributed by atoms with Crippen LogP contribution in [0, 0.1) is 0 Å². The molecular formula is C13H9F3N2O2S. The van der Waals surface area contributed by atoms with E-state index >= 15 is 0 Å². The maximum atomic E-state index is 12.6. The van der Waals surface area contributed by atoms with Crippen molar-refractivity contribution in [3.8, 4) is 11.3 Å². The molecule has 3 N–H and O–H groups in total. The van der Waals surface area contributed by atoms with E-state index in [1.807, 2.05) is 0 Å². The van der Waals surface area contributed by atoms with Crippen LogP contribution < -0.4 is 11.1 Å². The highest BCUT2D eigenvalue weighted by Crippen LogP contribution is 2.32. The number of hydrogen-bond acceptors (Lipinski definition) is 3. The summed E-state index contributed by atoms with van der Waals surface area (Å²) in [6, 6.07) is 7.31. The van der Waals surface area contributed by atoms with Gasteiger partial charge in [-0.15, -0.1) is 0 Å². The van der Waals surface area contributed by atoms with Gasteiger partial charge in [-0.3, -0.25) is 10.1 Å². The van der Waals surface area contributed by atoms with Crippen molar-refractivity contribution >= 4 is 23.2 Å². The van der Waals surface area contributed by atoms with Gasteiger partial charge in [-0.1, -0.05) is 12.1 Å². The van der Waals surface area contributed by atoms with Crippen LogP contribution in [-0.4, -0.2) is 11.0 Å². The van der Waals surface area contributed by atoms with E-state index in [9.17, 15) is 18.0 Å². The summed E-state index contributed by atoms with van der Waals surface area (Å²) in [5.41, 5.74) is 4.56. The van der Waals surface area contributed by atoms with Crippen molar-refractivity contribution in [3.63, 3.8) is 0 Å². The Hall–Kier alpha value is -2.35. The van der Waals surface area contributed by atoms with E-state index in [1.54, 1.807) is 0 Å². The molecule has 0 fully saturated rings. The molecule has 2 aromatic rings. The number of benzene rings is 1. The molecule has 0 radical (unpaired) electrons. The van der Waals surface area contributed by atoms with E-state index in [1.165, 1.54) is 24.3 Å². The minimum absolute atomic E-state index is 0.102. The van der Waals surface area contributed by atoms with Crippen molar-refractivity contribution in [2.75, 3.05) is 0 Å². The summed E-state index contributed by atoms with van der Waals surface area (Å²) in [4.78, 5) is 11.6. The van der Waals surface area contributed by atoms with Crippen LogP contribution in [-0.2, 0) is 6.18 Å². The molecule has 110 valence electrons. The molecular weight excluding hydrogens is 305 g/mol. The number of halogens is 3. The Labute approximate surface area is 122 Å². The van der Waals surface area contributed by atoms with Crippen molar-refractivity contribution in [2.45, 2.75) is 6.18 Å². The third-order valence-electron chi connectivity index (χ3n) is 2.54. The molecule has 1 heterocycles. The van der Waals surface area contributed by atoms with Gasteiger partial charge in [0.05, 0.1) is 5.56 Å². The second-order valence-corrected chi connectivity index (χ2v) is 4.50. The van der Waals surface area contributed by atoms with Gasteiger partial charge in [0.2, 0.25) is 0 Å². The Morgan fingerprint density at radius 3 is 2.57 bits per heavy atom. The predicted molar refractivity (Wildman–Crippen MR) is 73.4 cm³/mol. The maximum Gasteiger partial charge on any atom is 0.416 e. The number of carbonyl (C=O) groups is 1. The second-order valence-electron chi connectivity index (χ2n) is 4.06. The number of alkyl halides is 3. The highest BCUT2D eigenvalue weighted by atomic mass is 32.1. The number of rotatable bonds is 2. The van der Waals surface area contributed by atoms with Crippen LogP contribution >= 0.6 is 12.2 Å². The van der Waals surface area contributed by atoms with E-state index in [2.05, 4.69) is 17.5 Å².